The summed E-state index contributed by atoms with van der Waals surface area (Å²) in [5.74, 6) is 0. The normalized spacial score (nSPS) is 16.3. The van der Waals surface area contributed by atoms with Gasteiger partial charge >= 0.3 is 66.9 Å². The van der Waals surface area contributed by atoms with Gasteiger partial charge in [-0.3, -0.25) is 0 Å². The van der Waals surface area contributed by atoms with Crippen LogP contribution in [0.5, 0.6) is 0 Å². The molecule has 0 bridgehead atoms. The van der Waals surface area contributed by atoms with Crippen LogP contribution in [0.1, 0.15) is 27.7 Å². The SMILES string of the molecule is C[CH2][Hf]([NH2])([CH2]C)([CH2]C)[CH2]C. The second kappa shape index (κ2) is 3.49. The minimum absolute atomic E-state index is 1.31. The Balaban J connectivity index is 4.42. The zero-order valence-corrected chi connectivity index (χ0v) is 11.5. The molecule has 0 aromatic rings. The van der Waals surface area contributed by atoms with Gasteiger partial charge in [-0.1, -0.05) is 0 Å². The van der Waals surface area contributed by atoms with Crippen molar-refractivity contribution >= 4 is 0 Å². The Kier molecular flexibility index (Phi) is 3.77. The summed E-state index contributed by atoms with van der Waals surface area (Å²) in [6, 6.07) is 0. The number of rotatable bonds is 4. The molecule has 0 aliphatic heterocycles. The van der Waals surface area contributed by atoms with Crippen molar-refractivity contribution < 1.29 is 18.8 Å². The van der Waals surface area contributed by atoms with E-state index in [1.165, 1.54) is 16.7 Å². The summed E-state index contributed by atoms with van der Waals surface area (Å²) >= 11 is -2.61. The Morgan fingerprint density at radius 3 is 1.00 bits per heavy atom. The first-order valence-electron chi connectivity index (χ1n) is 4.53. The van der Waals surface area contributed by atoms with E-state index in [1.807, 2.05) is 0 Å². The summed E-state index contributed by atoms with van der Waals surface area (Å²) in [6.45, 7) is 9.14. The fourth-order valence-corrected chi connectivity index (χ4v) is 12.3. The third kappa shape index (κ3) is 1.91. The van der Waals surface area contributed by atoms with Crippen LogP contribution in [0.25, 0.3) is 0 Å². The van der Waals surface area contributed by atoms with E-state index >= 15 is 0 Å². The second-order valence-corrected chi connectivity index (χ2v) is 30.5. The van der Waals surface area contributed by atoms with Crippen molar-refractivity contribution in [2.24, 2.45) is 3.72 Å². The zero-order valence-electron chi connectivity index (χ0n) is 7.91. The van der Waals surface area contributed by atoms with Crippen molar-refractivity contribution in [1.82, 2.24) is 0 Å². The number of nitrogens with two attached hydrogens (primary N) is 1. The summed E-state index contributed by atoms with van der Waals surface area (Å²) in [5, 5.41) is 0. The van der Waals surface area contributed by atoms with Crippen LogP contribution >= 0.6 is 0 Å². The predicted molar refractivity (Wildman–Crippen MR) is 46.1 cm³/mol. The molecule has 0 amide bonds. The van der Waals surface area contributed by atoms with Crippen LogP contribution in [0, 0.1) is 0 Å². The molecule has 0 aromatic heterocycles. The molecular formula is C8H22HfN. The molecule has 0 fully saturated rings. The first-order valence-corrected chi connectivity index (χ1v) is 16.8. The molecule has 0 heterocycles. The molecule has 0 aliphatic rings. The molecule has 2 heteroatoms. The van der Waals surface area contributed by atoms with Gasteiger partial charge in [0.05, 0.1) is 0 Å². The molecular weight excluding hydrogens is 289 g/mol. The first kappa shape index (κ1) is 10.8. The van der Waals surface area contributed by atoms with Crippen molar-refractivity contribution in [1.29, 1.82) is 0 Å². The fourth-order valence-electron chi connectivity index (χ4n) is 1.50. The van der Waals surface area contributed by atoms with Gasteiger partial charge in [0.2, 0.25) is 0 Å². The van der Waals surface area contributed by atoms with Crippen LogP contribution in [0.4, 0.5) is 0 Å². The molecule has 0 unspecified atom stereocenters. The van der Waals surface area contributed by atoms with Gasteiger partial charge in [-0.15, -0.1) is 0 Å². The summed E-state index contributed by atoms with van der Waals surface area (Å²) in [5.41, 5.74) is 0. The molecule has 0 atom stereocenters. The molecule has 0 saturated heterocycles. The summed E-state index contributed by atoms with van der Waals surface area (Å²) in [6.07, 6.45) is 0. The van der Waals surface area contributed by atoms with E-state index in [0.717, 1.165) is 0 Å². The number of hydrogen-bond donors (Lipinski definition) is 1. The molecule has 1 nitrogen and oxygen atoms in total. The molecule has 63 valence electrons. The molecule has 10 heavy (non-hydrogen) atoms. The van der Waals surface area contributed by atoms with Gasteiger partial charge in [0, 0.05) is 0 Å². The van der Waals surface area contributed by atoms with Crippen molar-refractivity contribution in [2.75, 3.05) is 0 Å². The summed E-state index contributed by atoms with van der Waals surface area (Å²) in [4.78, 5) is 0. The van der Waals surface area contributed by atoms with E-state index < -0.39 is 18.8 Å². The van der Waals surface area contributed by atoms with E-state index in [1.54, 1.807) is 0 Å². The average Bonchev–Trinajstić information content (AvgIpc) is 2.04. The van der Waals surface area contributed by atoms with Crippen LogP contribution in [-0.2, 0) is 18.8 Å². The minimum atomic E-state index is -2.61. The van der Waals surface area contributed by atoms with Crippen LogP contribution < -0.4 is 3.72 Å². The van der Waals surface area contributed by atoms with Gasteiger partial charge in [0.25, 0.3) is 0 Å². The van der Waals surface area contributed by atoms with E-state index in [4.69, 9.17) is 3.72 Å². The third-order valence-corrected chi connectivity index (χ3v) is 31.2. The van der Waals surface area contributed by atoms with Crippen molar-refractivity contribution in [3.63, 3.8) is 0 Å². The summed E-state index contributed by atoms with van der Waals surface area (Å²) < 4.78 is 11.8. The molecule has 0 aliphatic carbocycles. The van der Waals surface area contributed by atoms with Gasteiger partial charge < -0.3 is 0 Å². The van der Waals surface area contributed by atoms with E-state index in [2.05, 4.69) is 27.7 Å². The average molecular weight is 311 g/mol. The standard InChI is InChI=1S/4C2H5.Hf.H2N/c4*1-2;;/h4*1H2,2H3;;1H2/q;;;;+1;-1. The Bertz CT molecular complexity index is 84.3. The maximum absolute atomic E-state index is 6.54. The van der Waals surface area contributed by atoms with Crippen molar-refractivity contribution in [2.45, 2.75) is 44.4 Å². The Morgan fingerprint density at radius 1 is 0.800 bits per heavy atom. The van der Waals surface area contributed by atoms with Crippen molar-refractivity contribution in [3.8, 4) is 0 Å². The monoisotopic (exact) mass is 312 g/mol. The zero-order chi connectivity index (χ0) is 8.28. The van der Waals surface area contributed by atoms with Crippen molar-refractivity contribution in [3.05, 3.63) is 0 Å². The maximum atomic E-state index is 6.54. The van der Waals surface area contributed by atoms with Crippen LogP contribution in [0.2, 0.25) is 16.7 Å². The van der Waals surface area contributed by atoms with E-state index in [9.17, 15) is 0 Å². The van der Waals surface area contributed by atoms with Gasteiger partial charge in [-0.05, 0) is 0 Å². The summed E-state index contributed by atoms with van der Waals surface area (Å²) in [7, 11) is 0. The Hall–Kier alpha value is 0.830. The quantitative estimate of drug-likeness (QED) is 0.792. The molecule has 0 rings (SSSR count). The van der Waals surface area contributed by atoms with E-state index in [0.29, 0.717) is 0 Å². The predicted octanol–water partition coefficient (Wildman–Crippen LogP) is 3.30. The fraction of sp³-hybridized carbons (Fsp3) is 1.00. The van der Waals surface area contributed by atoms with Gasteiger partial charge in [0.1, 0.15) is 0 Å². The van der Waals surface area contributed by atoms with Crippen LogP contribution in [0.15, 0.2) is 0 Å². The Labute approximate surface area is 66.9 Å². The second-order valence-electron chi connectivity index (χ2n) is 3.73. The molecule has 0 radical (unpaired) electrons. The Morgan fingerprint density at radius 2 is 1.00 bits per heavy atom. The molecule has 0 aromatic carbocycles. The van der Waals surface area contributed by atoms with Crippen LogP contribution in [0.3, 0.4) is 0 Å². The molecule has 0 spiro atoms. The van der Waals surface area contributed by atoms with Gasteiger partial charge in [0.15, 0.2) is 0 Å². The van der Waals surface area contributed by atoms with Gasteiger partial charge in [-0.25, -0.2) is 0 Å². The number of hydrogen-bond acceptors (Lipinski definition) is 1. The molecule has 0 saturated carbocycles. The molecule has 2 N–H and O–H groups in total. The third-order valence-electron chi connectivity index (χ3n) is 3.82. The van der Waals surface area contributed by atoms with Crippen LogP contribution in [-0.4, -0.2) is 0 Å². The first-order chi connectivity index (χ1) is 4.54. The van der Waals surface area contributed by atoms with Gasteiger partial charge in [-0.2, -0.15) is 0 Å². The van der Waals surface area contributed by atoms with E-state index in [-0.39, 0.29) is 0 Å². The topological polar surface area (TPSA) is 26.0 Å².